The van der Waals surface area contributed by atoms with E-state index in [1.807, 2.05) is 0 Å². The predicted molar refractivity (Wildman–Crippen MR) is 49.0 cm³/mol. The standard InChI is InChI=1S/C7H12NO5P/c1-4(7(10)11)8-6(9)5-2-3-14-13-12-5/h4-5,14H,2-3H2,1H3,(H,8,9)(H,10,11). The quantitative estimate of drug-likeness (QED) is 0.513. The lowest BCUT2D eigenvalue weighted by molar-refractivity contribution is -0.239. The molecule has 0 aromatic rings. The molecular formula is C7H12NO5P. The number of carbonyl (C=O) groups excluding carboxylic acids is 1. The second-order valence-electron chi connectivity index (χ2n) is 2.92. The molecule has 0 spiro atoms. The lowest BCUT2D eigenvalue weighted by Crippen LogP contribution is -2.45. The van der Waals surface area contributed by atoms with Gasteiger partial charge in [0.15, 0.2) is 6.10 Å². The molecule has 80 valence electrons. The van der Waals surface area contributed by atoms with E-state index in [1.54, 1.807) is 0 Å². The predicted octanol–water partition coefficient (Wildman–Crippen LogP) is -0.110. The number of hydrogen-bond donors (Lipinski definition) is 2. The molecule has 2 N–H and O–H groups in total. The first kappa shape index (κ1) is 11.4. The molecule has 7 heteroatoms. The minimum atomic E-state index is -1.07. The van der Waals surface area contributed by atoms with Gasteiger partial charge < -0.3 is 10.4 Å². The second kappa shape index (κ2) is 5.24. The van der Waals surface area contributed by atoms with Crippen LogP contribution in [0.2, 0.25) is 0 Å². The van der Waals surface area contributed by atoms with Crippen LogP contribution in [-0.4, -0.2) is 35.3 Å². The fourth-order valence-corrected chi connectivity index (χ4v) is 1.56. The van der Waals surface area contributed by atoms with Gasteiger partial charge in [-0.05, 0) is 19.5 Å². The summed E-state index contributed by atoms with van der Waals surface area (Å²) in [6, 6.07) is -0.907. The van der Waals surface area contributed by atoms with E-state index >= 15 is 0 Å². The van der Waals surface area contributed by atoms with Crippen molar-refractivity contribution in [1.29, 1.82) is 0 Å². The fraction of sp³-hybridized carbons (Fsp3) is 0.714. The molecule has 0 saturated carbocycles. The second-order valence-corrected chi connectivity index (χ2v) is 3.88. The van der Waals surface area contributed by atoms with Crippen LogP contribution in [0.25, 0.3) is 0 Å². The summed E-state index contributed by atoms with van der Waals surface area (Å²) in [5.74, 6) is -1.51. The van der Waals surface area contributed by atoms with Crippen molar-refractivity contribution in [2.75, 3.05) is 6.16 Å². The highest BCUT2D eigenvalue weighted by Gasteiger charge is 2.26. The number of amides is 1. The molecule has 0 aliphatic carbocycles. The molecule has 0 aromatic heterocycles. The summed E-state index contributed by atoms with van der Waals surface area (Å²) in [5, 5.41) is 10.9. The van der Waals surface area contributed by atoms with Gasteiger partial charge in [0, 0.05) is 0 Å². The van der Waals surface area contributed by atoms with Gasteiger partial charge in [0.2, 0.25) is 0 Å². The summed E-state index contributed by atoms with van der Waals surface area (Å²) in [6.07, 6.45) is 0.647. The van der Waals surface area contributed by atoms with Gasteiger partial charge in [-0.25, -0.2) is 9.56 Å². The van der Waals surface area contributed by atoms with Crippen LogP contribution in [0.3, 0.4) is 0 Å². The molecule has 1 aliphatic heterocycles. The normalized spacial score (nSPS) is 25.6. The fourth-order valence-electron chi connectivity index (χ4n) is 0.915. The minimum Gasteiger partial charge on any atom is -0.480 e. The van der Waals surface area contributed by atoms with Crippen molar-refractivity contribution >= 4 is 20.7 Å². The average Bonchev–Trinajstić information content (AvgIpc) is 2.19. The van der Waals surface area contributed by atoms with Crippen LogP contribution in [-0.2, 0) is 19.2 Å². The molecule has 1 aliphatic rings. The van der Waals surface area contributed by atoms with Crippen molar-refractivity contribution in [2.24, 2.45) is 0 Å². The first-order chi connectivity index (χ1) is 6.61. The molecular weight excluding hydrogens is 209 g/mol. The van der Waals surface area contributed by atoms with Gasteiger partial charge in [0.05, 0.1) is 8.81 Å². The summed E-state index contributed by atoms with van der Waals surface area (Å²) in [6.45, 7) is 1.39. The summed E-state index contributed by atoms with van der Waals surface area (Å²) < 4.78 is 4.66. The third kappa shape index (κ3) is 3.21. The van der Waals surface area contributed by atoms with Gasteiger partial charge >= 0.3 is 5.97 Å². The van der Waals surface area contributed by atoms with Crippen molar-refractivity contribution in [3.8, 4) is 0 Å². The monoisotopic (exact) mass is 221 g/mol. The number of carbonyl (C=O) groups is 2. The van der Waals surface area contributed by atoms with Crippen molar-refractivity contribution in [2.45, 2.75) is 25.5 Å². The molecule has 1 saturated heterocycles. The molecule has 3 atom stereocenters. The molecule has 3 unspecified atom stereocenters. The highest BCUT2D eigenvalue weighted by atomic mass is 31.1. The lowest BCUT2D eigenvalue weighted by atomic mass is 10.2. The Morgan fingerprint density at radius 2 is 2.36 bits per heavy atom. The molecule has 0 bridgehead atoms. The van der Waals surface area contributed by atoms with Crippen LogP contribution < -0.4 is 5.32 Å². The van der Waals surface area contributed by atoms with Crippen molar-refractivity contribution < 1.29 is 24.3 Å². The molecule has 1 fully saturated rings. The van der Waals surface area contributed by atoms with E-state index in [0.717, 1.165) is 6.16 Å². The van der Waals surface area contributed by atoms with Crippen molar-refractivity contribution in [3.05, 3.63) is 0 Å². The Hall–Kier alpha value is -0.710. The van der Waals surface area contributed by atoms with Gasteiger partial charge in [-0.15, -0.1) is 0 Å². The van der Waals surface area contributed by atoms with Crippen molar-refractivity contribution in [1.82, 2.24) is 5.32 Å². The van der Waals surface area contributed by atoms with Crippen LogP contribution >= 0.6 is 8.81 Å². The van der Waals surface area contributed by atoms with Crippen LogP contribution in [0.5, 0.6) is 0 Å². The third-order valence-electron chi connectivity index (χ3n) is 1.75. The maximum atomic E-state index is 11.3. The topological polar surface area (TPSA) is 84.9 Å². The third-order valence-corrected chi connectivity index (χ3v) is 2.46. The maximum absolute atomic E-state index is 11.3. The molecule has 6 nitrogen and oxygen atoms in total. The number of carboxylic acid groups (broad SMARTS) is 1. The lowest BCUT2D eigenvalue weighted by Gasteiger charge is -2.21. The van der Waals surface area contributed by atoms with E-state index in [-0.39, 0.29) is 8.81 Å². The van der Waals surface area contributed by atoms with Gasteiger partial charge in [-0.1, -0.05) is 0 Å². The summed E-state index contributed by atoms with van der Waals surface area (Å²) >= 11 is 0. The SMILES string of the molecule is CC(NC(=O)C1CCPOO1)C(=O)O. The van der Waals surface area contributed by atoms with Gasteiger partial charge in [0.1, 0.15) is 6.04 Å². The van der Waals surface area contributed by atoms with Gasteiger partial charge in [-0.3, -0.25) is 9.59 Å². The number of carboxylic acids is 1. The first-order valence-electron chi connectivity index (χ1n) is 4.19. The molecule has 1 amide bonds. The largest absolute Gasteiger partial charge is 0.480 e. The van der Waals surface area contributed by atoms with Crippen LogP contribution in [0, 0.1) is 0 Å². The Balaban J connectivity index is 2.36. The average molecular weight is 221 g/mol. The van der Waals surface area contributed by atoms with Crippen LogP contribution in [0.15, 0.2) is 0 Å². The smallest absolute Gasteiger partial charge is 0.325 e. The zero-order chi connectivity index (χ0) is 10.6. The van der Waals surface area contributed by atoms with Crippen LogP contribution in [0.4, 0.5) is 0 Å². The zero-order valence-corrected chi connectivity index (χ0v) is 8.65. The maximum Gasteiger partial charge on any atom is 0.325 e. The van der Waals surface area contributed by atoms with Gasteiger partial charge in [-0.2, -0.15) is 0 Å². The highest BCUT2D eigenvalue weighted by Crippen LogP contribution is 2.23. The van der Waals surface area contributed by atoms with Crippen molar-refractivity contribution in [3.63, 3.8) is 0 Å². The molecule has 0 radical (unpaired) electrons. The van der Waals surface area contributed by atoms with E-state index in [4.69, 9.17) is 9.99 Å². The molecule has 14 heavy (non-hydrogen) atoms. The molecule has 1 rings (SSSR count). The number of nitrogens with one attached hydrogen (secondary N) is 1. The zero-order valence-electron chi connectivity index (χ0n) is 7.65. The Morgan fingerprint density at radius 3 is 2.86 bits per heavy atom. The number of rotatable bonds is 3. The summed E-state index contributed by atoms with van der Waals surface area (Å²) in [4.78, 5) is 26.5. The minimum absolute atomic E-state index is 0.253. The van der Waals surface area contributed by atoms with E-state index in [9.17, 15) is 9.59 Å². The highest BCUT2D eigenvalue weighted by molar-refractivity contribution is 7.32. The molecule has 0 aromatic carbocycles. The van der Waals surface area contributed by atoms with E-state index in [0.29, 0.717) is 6.42 Å². The van der Waals surface area contributed by atoms with E-state index < -0.39 is 24.0 Å². The first-order valence-corrected chi connectivity index (χ1v) is 5.31. The van der Waals surface area contributed by atoms with E-state index in [2.05, 4.69) is 9.99 Å². The Kier molecular flexibility index (Phi) is 4.25. The van der Waals surface area contributed by atoms with Gasteiger partial charge in [0.25, 0.3) is 5.91 Å². The summed E-state index contributed by atoms with van der Waals surface area (Å²) in [7, 11) is 0.253. The Morgan fingerprint density at radius 1 is 1.64 bits per heavy atom. The molecule has 1 heterocycles. The number of aliphatic carboxylic acids is 1. The Bertz CT molecular complexity index is 228. The Labute approximate surface area is 82.7 Å². The van der Waals surface area contributed by atoms with Crippen LogP contribution in [0.1, 0.15) is 13.3 Å². The number of hydrogen-bond acceptors (Lipinski definition) is 4. The van der Waals surface area contributed by atoms with E-state index in [1.165, 1.54) is 6.92 Å². The summed E-state index contributed by atoms with van der Waals surface area (Å²) in [5.41, 5.74) is 0.